The molecule has 0 saturated carbocycles. The molecule has 0 aliphatic rings. The van der Waals surface area contributed by atoms with Crippen LogP contribution in [0.3, 0.4) is 0 Å². The number of Topliss-reactive ketones (excluding diaryl/α,β-unsaturated/α-hetero) is 1. The van der Waals surface area contributed by atoms with E-state index in [2.05, 4.69) is 15.3 Å². The van der Waals surface area contributed by atoms with Crippen molar-refractivity contribution in [2.45, 2.75) is 13.5 Å². The van der Waals surface area contributed by atoms with Crippen LogP contribution in [0.25, 0.3) is 11.0 Å². The number of carbonyl (C=O) groups is 2. The van der Waals surface area contributed by atoms with Crippen molar-refractivity contribution in [2.24, 2.45) is 0 Å². The number of hydrogen-bond donors (Lipinski definition) is 1. The molecule has 8 heteroatoms. The Morgan fingerprint density at radius 3 is 2.47 bits per heavy atom. The number of nitrogens with zero attached hydrogens (tertiary/aromatic N) is 3. The van der Waals surface area contributed by atoms with E-state index in [0.29, 0.717) is 17.6 Å². The molecule has 0 atom stereocenters. The molecule has 1 amide bonds. The second kappa shape index (κ2) is 8.26. The van der Waals surface area contributed by atoms with Gasteiger partial charge in [0.25, 0.3) is 11.7 Å². The SMILES string of the molecule is Cc1ccc(Cn2cc(C(=O)C(=O)Nc3c(Cl)cncc3Cl)c3cccnc32)cc1. The van der Waals surface area contributed by atoms with Gasteiger partial charge < -0.3 is 9.88 Å². The number of nitrogens with one attached hydrogen (secondary N) is 1. The van der Waals surface area contributed by atoms with Gasteiger partial charge in [0.15, 0.2) is 0 Å². The number of ketones is 1. The Labute approximate surface area is 182 Å². The number of halogens is 2. The lowest BCUT2D eigenvalue weighted by Crippen LogP contribution is -2.23. The molecule has 4 rings (SSSR count). The molecule has 0 unspecified atom stereocenters. The Kier molecular flexibility index (Phi) is 5.53. The zero-order chi connectivity index (χ0) is 21.3. The van der Waals surface area contributed by atoms with Gasteiger partial charge in [-0.25, -0.2) is 4.98 Å². The van der Waals surface area contributed by atoms with Gasteiger partial charge in [-0.3, -0.25) is 14.6 Å². The molecule has 0 radical (unpaired) electrons. The van der Waals surface area contributed by atoms with E-state index in [4.69, 9.17) is 23.2 Å². The lowest BCUT2D eigenvalue weighted by molar-refractivity contribution is -0.112. The summed E-state index contributed by atoms with van der Waals surface area (Å²) in [6.45, 7) is 2.54. The van der Waals surface area contributed by atoms with Gasteiger partial charge in [-0.05, 0) is 24.6 Å². The van der Waals surface area contributed by atoms with E-state index in [1.807, 2.05) is 35.8 Å². The first kappa shape index (κ1) is 20.1. The van der Waals surface area contributed by atoms with Crippen molar-refractivity contribution in [3.8, 4) is 0 Å². The van der Waals surface area contributed by atoms with Gasteiger partial charge in [-0.15, -0.1) is 0 Å². The first-order valence-corrected chi connectivity index (χ1v) is 9.83. The molecule has 3 aromatic heterocycles. The summed E-state index contributed by atoms with van der Waals surface area (Å²) in [5.41, 5.74) is 3.24. The fourth-order valence-corrected chi connectivity index (χ4v) is 3.60. The number of benzene rings is 1. The standard InChI is InChI=1S/C22H16Cl2N4O2/c1-13-4-6-14(7-5-13)11-28-12-16(15-3-2-8-26-21(15)28)20(29)22(30)27-19-17(23)9-25-10-18(19)24/h2-10,12H,11H2,1H3,(H,25,27,30). The zero-order valence-electron chi connectivity index (χ0n) is 15.9. The number of carbonyl (C=O) groups excluding carboxylic acids is 2. The van der Waals surface area contributed by atoms with Crippen LogP contribution in [0.4, 0.5) is 5.69 Å². The van der Waals surface area contributed by atoms with Gasteiger partial charge in [0, 0.05) is 36.7 Å². The molecule has 0 bridgehead atoms. The molecule has 4 aromatic rings. The fraction of sp³-hybridized carbons (Fsp3) is 0.0909. The van der Waals surface area contributed by atoms with Crippen LogP contribution in [0.15, 0.2) is 61.2 Å². The van der Waals surface area contributed by atoms with Crippen molar-refractivity contribution < 1.29 is 9.59 Å². The minimum absolute atomic E-state index is 0.145. The van der Waals surface area contributed by atoms with E-state index in [-0.39, 0.29) is 21.3 Å². The van der Waals surface area contributed by atoms with E-state index >= 15 is 0 Å². The molecule has 3 heterocycles. The van der Waals surface area contributed by atoms with Gasteiger partial charge in [0.2, 0.25) is 0 Å². The van der Waals surface area contributed by atoms with E-state index < -0.39 is 11.7 Å². The topological polar surface area (TPSA) is 76.9 Å². The maximum Gasteiger partial charge on any atom is 0.296 e. The molecule has 0 spiro atoms. The fourth-order valence-electron chi connectivity index (χ4n) is 3.14. The predicted octanol–water partition coefficient (Wildman–Crippen LogP) is 4.92. The van der Waals surface area contributed by atoms with Gasteiger partial charge >= 0.3 is 0 Å². The number of anilines is 1. The van der Waals surface area contributed by atoms with Crippen LogP contribution in [-0.2, 0) is 11.3 Å². The maximum atomic E-state index is 12.9. The maximum absolute atomic E-state index is 12.9. The number of aryl methyl sites for hydroxylation is 1. The van der Waals surface area contributed by atoms with Crippen LogP contribution in [0.2, 0.25) is 10.0 Å². The highest BCUT2D eigenvalue weighted by Crippen LogP contribution is 2.29. The van der Waals surface area contributed by atoms with E-state index in [9.17, 15) is 9.59 Å². The molecule has 0 aliphatic heterocycles. The summed E-state index contributed by atoms with van der Waals surface area (Å²) >= 11 is 12.1. The van der Waals surface area contributed by atoms with E-state index in [0.717, 1.165) is 11.1 Å². The third kappa shape index (κ3) is 3.92. The van der Waals surface area contributed by atoms with Crippen molar-refractivity contribution in [2.75, 3.05) is 5.32 Å². The molecular formula is C22H16Cl2N4O2. The molecular weight excluding hydrogens is 423 g/mol. The Morgan fingerprint density at radius 2 is 1.77 bits per heavy atom. The van der Waals surface area contributed by atoms with Crippen LogP contribution in [0, 0.1) is 6.92 Å². The summed E-state index contributed by atoms with van der Waals surface area (Å²) in [4.78, 5) is 33.8. The summed E-state index contributed by atoms with van der Waals surface area (Å²) in [6, 6.07) is 11.6. The summed E-state index contributed by atoms with van der Waals surface area (Å²) in [7, 11) is 0. The molecule has 0 fully saturated rings. The van der Waals surface area contributed by atoms with Gasteiger partial charge in [-0.1, -0.05) is 53.0 Å². The third-order valence-electron chi connectivity index (χ3n) is 4.65. The zero-order valence-corrected chi connectivity index (χ0v) is 17.4. The normalized spacial score (nSPS) is 10.9. The highest BCUT2D eigenvalue weighted by molar-refractivity contribution is 6.50. The lowest BCUT2D eigenvalue weighted by atomic mass is 10.1. The van der Waals surface area contributed by atoms with Crippen LogP contribution in [-0.4, -0.2) is 26.2 Å². The lowest BCUT2D eigenvalue weighted by Gasteiger charge is -2.07. The number of pyridine rings is 2. The molecule has 6 nitrogen and oxygen atoms in total. The number of aromatic nitrogens is 3. The molecule has 30 heavy (non-hydrogen) atoms. The smallest absolute Gasteiger partial charge is 0.296 e. The minimum atomic E-state index is -0.844. The first-order chi connectivity index (χ1) is 14.4. The van der Waals surface area contributed by atoms with E-state index in [1.165, 1.54) is 12.4 Å². The Hall–Kier alpha value is -3.22. The quantitative estimate of drug-likeness (QED) is 0.354. The number of amides is 1. The molecule has 0 saturated heterocycles. The molecule has 1 N–H and O–H groups in total. The Bertz CT molecular complexity index is 1250. The van der Waals surface area contributed by atoms with Crippen molar-refractivity contribution >= 4 is 51.6 Å². The summed E-state index contributed by atoms with van der Waals surface area (Å²) in [5, 5.41) is 3.37. The number of rotatable bonds is 5. The largest absolute Gasteiger partial charge is 0.327 e. The molecule has 1 aromatic carbocycles. The van der Waals surface area contributed by atoms with Crippen molar-refractivity contribution in [3.05, 3.63) is 87.9 Å². The second-order valence-electron chi connectivity index (χ2n) is 6.79. The van der Waals surface area contributed by atoms with Crippen molar-refractivity contribution in [1.29, 1.82) is 0 Å². The van der Waals surface area contributed by atoms with Crippen LogP contribution < -0.4 is 5.32 Å². The summed E-state index contributed by atoms with van der Waals surface area (Å²) in [6.07, 6.45) is 5.98. The second-order valence-corrected chi connectivity index (χ2v) is 7.61. The Morgan fingerprint density at radius 1 is 1.07 bits per heavy atom. The van der Waals surface area contributed by atoms with Crippen LogP contribution >= 0.6 is 23.2 Å². The Balaban J connectivity index is 1.67. The highest BCUT2D eigenvalue weighted by atomic mass is 35.5. The average Bonchev–Trinajstić information content (AvgIpc) is 3.10. The van der Waals surface area contributed by atoms with Crippen molar-refractivity contribution in [1.82, 2.24) is 14.5 Å². The van der Waals surface area contributed by atoms with Gasteiger partial charge in [0.05, 0.1) is 21.3 Å². The third-order valence-corrected chi connectivity index (χ3v) is 5.22. The average molecular weight is 439 g/mol. The van der Waals surface area contributed by atoms with Gasteiger partial charge in [-0.2, -0.15) is 0 Å². The van der Waals surface area contributed by atoms with E-state index in [1.54, 1.807) is 24.5 Å². The minimum Gasteiger partial charge on any atom is -0.327 e. The van der Waals surface area contributed by atoms with Gasteiger partial charge in [0.1, 0.15) is 5.65 Å². The molecule has 0 aliphatic carbocycles. The highest BCUT2D eigenvalue weighted by Gasteiger charge is 2.23. The van der Waals surface area contributed by atoms with Crippen LogP contribution in [0.1, 0.15) is 21.5 Å². The van der Waals surface area contributed by atoms with Crippen LogP contribution in [0.5, 0.6) is 0 Å². The molecule has 150 valence electrons. The summed E-state index contributed by atoms with van der Waals surface area (Å²) < 4.78 is 1.85. The predicted molar refractivity (Wildman–Crippen MR) is 117 cm³/mol. The van der Waals surface area contributed by atoms with Crippen molar-refractivity contribution in [3.63, 3.8) is 0 Å². The monoisotopic (exact) mass is 438 g/mol. The number of fused-ring (bicyclic) bond motifs is 1. The summed E-state index contributed by atoms with van der Waals surface area (Å²) in [5.74, 6) is -1.55. The first-order valence-electron chi connectivity index (χ1n) is 9.08. The number of hydrogen-bond acceptors (Lipinski definition) is 4.